The van der Waals surface area contributed by atoms with E-state index in [1.165, 1.54) is 0 Å². The van der Waals surface area contributed by atoms with E-state index in [0.29, 0.717) is 24.7 Å². The number of rotatable bonds is 6. The van der Waals surface area contributed by atoms with Crippen molar-refractivity contribution in [3.8, 4) is 5.75 Å². The van der Waals surface area contributed by atoms with Gasteiger partial charge in [0.1, 0.15) is 5.75 Å². The number of methoxy groups -OCH3 is 1. The van der Waals surface area contributed by atoms with Gasteiger partial charge in [0.25, 0.3) is 0 Å². The number of hydrogen-bond donors (Lipinski definition) is 1. The van der Waals surface area contributed by atoms with E-state index in [1.54, 1.807) is 7.11 Å². The Bertz CT molecular complexity index is 554. The lowest BCUT2D eigenvalue weighted by molar-refractivity contribution is 0.348. The maximum atomic E-state index is 6.00. The Hall–Kier alpha value is -1.92. The minimum Gasteiger partial charge on any atom is -0.497 e. The minimum absolute atomic E-state index is 0.243. The molecule has 2 N–H and O–H groups in total. The lowest BCUT2D eigenvalue weighted by Gasteiger charge is -2.12. The number of nitrogens with two attached hydrogens (primary N) is 1. The molecule has 0 aliphatic heterocycles. The quantitative estimate of drug-likeness (QED) is 0.855. The molecule has 1 unspecified atom stereocenters. The normalized spacial score (nSPS) is 12.7. The molecule has 0 spiro atoms. The van der Waals surface area contributed by atoms with E-state index in [2.05, 4.69) is 10.1 Å². The summed E-state index contributed by atoms with van der Waals surface area (Å²) in [6.07, 6.45) is 0.568. The molecule has 0 aliphatic carbocycles. The second-order valence-electron chi connectivity index (χ2n) is 4.94. The second kappa shape index (κ2) is 6.49. The van der Waals surface area contributed by atoms with E-state index < -0.39 is 0 Å². The molecule has 0 radical (unpaired) electrons. The van der Waals surface area contributed by atoms with Gasteiger partial charge >= 0.3 is 0 Å². The Morgan fingerprint density at radius 3 is 2.90 bits per heavy atom. The monoisotopic (exact) mass is 276 g/mol. The van der Waals surface area contributed by atoms with E-state index in [4.69, 9.17) is 15.0 Å². The van der Waals surface area contributed by atoms with Crippen molar-refractivity contribution in [2.45, 2.75) is 12.5 Å². The van der Waals surface area contributed by atoms with Crippen LogP contribution in [0.5, 0.6) is 5.75 Å². The predicted octanol–water partition coefficient (Wildman–Crippen LogP) is 1.23. The molecule has 0 saturated carbocycles. The molecule has 0 amide bonds. The van der Waals surface area contributed by atoms with Crippen LogP contribution in [0.2, 0.25) is 0 Å². The Morgan fingerprint density at radius 1 is 1.40 bits per heavy atom. The molecule has 6 nitrogen and oxygen atoms in total. The van der Waals surface area contributed by atoms with Crippen LogP contribution in [0, 0.1) is 0 Å². The largest absolute Gasteiger partial charge is 0.497 e. The Morgan fingerprint density at radius 2 is 2.20 bits per heavy atom. The summed E-state index contributed by atoms with van der Waals surface area (Å²) >= 11 is 0. The molecule has 1 atom stereocenters. The summed E-state index contributed by atoms with van der Waals surface area (Å²) in [6, 6.07) is 7.53. The molecule has 0 saturated heterocycles. The van der Waals surface area contributed by atoms with Crippen molar-refractivity contribution in [1.82, 2.24) is 15.0 Å². The first-order valence-electron chi connectivity index (χ1n) is 6.44. The van der Waals surface area contributed by atoms with E-state index in [9.17, 15) is 0 Å². The SMILES string of the molecule is COc1cccc(Cc2nc(C(N)CN(C)C)no2)c1. The van der Waals surface area contributed by atoms with Crippen molar-refractivity contribution >= 4 is 0 Å². The Labute approximate surface area is 118 Å². The summed E-state index contributed by atoms with van der Waals surface area (Å²) in [7, 11) is 5.55. The van der Waals surface area contributed by atoms with Crippen LogP contribution in [0.3, 0.4) is 0 Å². The lowest BCUT2D eigenvalue weighted by Crippen LogP contribution is -2.26. The molecular weight excluding hydrogens is 256 g/mol. The average Bonchev–Trinajstić information content (AvgIpc) is 2.87. The Balaban J connectivity index is 2.05. The van der Waals surface area contributed by atoms with Gasteiger partial charge in [-0.15, -0.1) is 0 Å². The van der Waals surface area contributed by atoms with Crippen LogP contribution in [-0.2, 0) is 6.42 Å². The molecule has 1 aromatic heterocycles. The molecule has 20 heavy (non-hydrogen) atoms. The maximum Gasteiger partial charge on any atom is 0.231 e. The van der Waals surface area contributed by atoms with Gasteiger partial charge in [0.05, 0.1) is 19.6 Å². The van der Waals surface area contributed by atoms with Gasteiger partial charge in [0.15, 0.2) is 5.82 Å². The molecule has 0 fully saturated rings. The highest BCUT2D eigenvalue weighted by Crippen LogP contribution is 2.16. The van der Waals surface area contributed by atoms with Crippen molar-refractivity contribution in [2.75, 3.05) is 27.7 Å². The zero-order valence-electron chi connectivity index (χ0n) is 12.0. The van der Waals surface area contributed by atoms with Gasteiger partial charge in [-0.1, -0.05) is 17.3 Å². The summed E-state index contributed by atoms with van der Waals surface area (Å²) < 4.78 is 10.4. The van der Waals surface area contributed by atoms with Crippen molar-refractivity contribution < 1.29 is 9.26 Å². The van der Waals surface area contributed by atoms with Crippen LogP contribution in [0.25, 0.3) is 0 Å². The lowest BCUT2D eigenvalue weighted by atomic mass is 10.1. The molecule has 0 aliphatic rings. The highest BCUT2D eigenvalue weighted by atomic mass is 16.5. The predicted molar refractivity (Wildman–Crippen MR) is 75.6 cm³/mol. The van der Waals surface area contributed by atoms with Crippen molar-refractivity contribution in [2.24, 2.45) is 5.73 Å². The first kappa shape index (κ1) is 14.5. The van der Waals surface area contributed by atoms with Gasteiger partial charge in [0, 0.05) is 6.54 Å². The van der Waals surface area contributed by atoms with Gasteiger partial charge < -0.3 is 19.9 Å². The summed E-state index contributed by atoms with van der Waals surface area (Å²) in [6.45, 7) is 0.679. The Kier molecular flexibility index (Phi) is 4.70. The summed E-state index contributed by atoms with van der Waals surface area (Å²) in [5.74, 6) is 1.91. The second-order valence-corrected chi connectivity index (χ2v) is 4.94. The summed E-state index contributed by atoms with van der Waals surface area (Å²) in [5, 5.41) is 3.94. The number of hydrogen-bond acceptors (Lipinski definition) is 6. The van der Waals surface area contributed by atoms with E-state index in [1.807, 2.05) is 43.3 Å². The van der Waals surface area contributed by atoms with Crippen LogP contribution in [0.1, 0.15) is 23.3 Å². The number of benzene rings is 1. The van der Waals surface area contributed by atoms with Crippen molar-refractivity contribution in [1.29, 1.82) is 0 Å². The van der Waals surface area contributed by atoms with E-state index in [0.717, 1.165) is 11.3 Å². The first-order chi connectivity index (χ1) is 9.58. The highest BCUT2D eigenvalue weighted by Gasteiger charge is 2.15. The van der Waals surface area contributed by atoms with Crippen molar-refractivity contribution in [3.63, 3.8) is 0 Å². The van der Waals surface area contributed by atoms with Crippen LogP contribution in [0.15, 0.2) is 28.8 Å². The van der Waals surface area contributed by atoms with Crippen molar-refractivity contribution in [3.05, 3.63) is 41.5 Å². The van der Waals surface area contributed by atoms with Gasteiger partial charge in [-0.05, 0) is 31.8 Å². The van der Waals surface area contributed by atoms with Crippen LogP contribution in [0.4, 0.5) is 0 Å². The smallest absolute Gasteiger partial charge is 0.231 e. The molecule has 2 aromatic rings. The van der Waals surface area contributed by atoms with Crippen LogP contribution in [-0.4, -0.2) is 42.8 Å². The van der Waals surface area contributed by atoms with Crippen LogP contribution >= 0.6 is 0 Å². The first-order valence-corrected chi connectivity index (χ1v) is 6.44. The van der Waals surface area contributed by atoms with E-state index >= 15 is 0 Å². The summed E-state index contributed by atoms with van der Waals surface area (Å²) in [5.41, 5.74) is 7.06. The van der Waals surface area contributed by atoms with Gasteiger partial charge in [0.2, 0.25) is 5.89 Å². The molecule has 1 heterocycles. The fourth-order valence-electron chi connectivity index (χ4n) is 1.92. The number of ether oxygens (including phenoxy) is 1. The molecule has 0 bridgehead atoms. The molecule has 2 rings (SSSR count). The van der Waals surface area contributed by atoms with Gasteiger partial charge in [-0.3, -0.25) is 0 Å². The third-order valence-electron chi connectivity index (χ3n) is 2.87. The van der Waals surface area contributed by atoms with E-state index in [-0.39, 0.29) is 6.04 Å². The molecule has 1 aromatic carbocycles. The highest BCUT2D eigenvalue weighted by molar-refractivity contribution is 5.29. The fraction of sp³-hybridized carbons (Fsp3) is 0.429. The standard InChI is InChI=1S/C14H20N4O2/c1-18(2)9-12(15)14-16-13(20-17-14)8-10-5-4-6-11(7-10)19-3/h4-7,12H,8-9,15H2,1-3H3. The summed E-state index contributed by atoms with van der Waals surface area (Å²) in [4.78, 5) is 6.33. The number of nitrogens with zero attached hydrogens (tertiary/aromatic N) is 3. The van der Waals surface area contributed by atoms with Gasteiger partial charge in [-0.2, -0.15) is 4.98 Å². The average molecular weight is 276 g/mol. The third-order valence-corrected chi connectivity index (χ3v) is 2.87. The zero-order valence-corrected chi connectivity index (χ0v) is 12.0. The molecule has 108 valence electrons. The zero-order chi connectivity index (χ0) is 14.5. The topological polar surface area (TPSA) is 77.4 Å². The molecule has 6 heteroatoms. The van der Waals surface area contributed by atoms with Gasteiger partial charge in [-0.25, -0.2) is 0 Å². The third kappa shape index (κ3) is 3.79. The maximum absolute atomic E-state index is 6.00. The number of likely N-dealkylation sites (N-methyl/N-ethyl adjacent to an activating group) is 1. The fourth-order valence-corrected chi connectivity index (χ4v) is 1.92. The number of aromatic nitrogens is 2. The minimum atomic E-state index is -0.243. The van der Waals surface area contributed by atoms with Crippen LogP contribution < -0.4 is 10.5 Å². The molecular formula is C14H20N4O2.